The van der Waals surface area contributed by atoms with Crippen LogP contribution < -0.4 is 4.72 Å². The Bertz CT molecular complexity index is 412. The van der Waals surface area contributed by atoms with E-state index in [2.05, 4.69) is 4.72 Å². The van der Waals surface area contributed by atoms with E-state index in [1.54, 1.807) is 0 Å². The lowest BCUT2D eigenvalue weighted by Gasteiger charge is -2.29. The fourth-order valence-corrected chi connectivity index (χ4v) is 2.87. The van der Waals surface area contributed by atoms with Crippen molar-refractivity contribution in [3.63, 3.8) is 0 Å². The SMILES string of the molecule is CC(C)(C)[S@@](=O)N[C@@H](c1ccccc1)C(Cl)(Cl)Cl. The minimum Gasteiger partial charge on any atom is -0.242 e. The first kappa shape index (κ1) is 16.3. The van der Waals surface area contributed by atoms with Crippen molar-refractivity contribution >= 4 is 45.8 Å². The van der Waals surface area contributed by atoms with Gasteiger partial charge in [-0.2, -0.15) is 0 Å². The van der Waals surface area contributed by atoms with E-state index in [4.69, 9.17) is 34.8 Å². The van der Waals surface area contributed by atoms with Gasteiger partial charge in [0.15, 0.2) is 0 Å². The Morgan fingerprint density at radius 2 is 1.61 bits per heavy atom. The van der Waals surface area contributed by atoms with Crippen LogP contribution in [-0.2, 0) is 11.0 Å². The topological polar surface area (TPSA) is 29.1 Å². The molecule has 0 aliphatic carbocycles. The van der Waals surface area contributed by atoms with E-state index in [0.717, 1.165) is 5.56 Å². The second kappa shape index (κ2) is 6.10. The van der Waals surface area contributed by atoms with E-state index >= 15 is 0 Å². The summed E-state index contributed by atoms with van der Waals surface area (Å²) in [5.41, 5.74) is 0.787. The molecule has 0 aliphatic heterocycles. The van der Waals surface area contributed by atoms with Crippen LogP contribution in [0.3, 0.4) is 0 Å². The van der Waals surface area contributed by atoms with Gasteiger partial charge < -0.3 is 0 Å². The summed E-state index contributed by atoms with van der Waals surface area (Å²) < 4.78 is 13.0. The highest BCUT2D eigenvalue weighted by Crippen LogP contribution is 2.40. The van der Waals surface area contributed by atoms with Gasteiger partial charge >= 0.3 is 0 Å². The molecule has 1 aromatic carbocycles. The Hall–Kier alpha value is 0.200. The average Bonchev–Trinajstić information content (AvgIpc) is 2.23. The van der Waals surface area contributed by atoms with Gasteiger partial charge in [-0.3, -0.25) is 0 Å². The highest BCUT2D eigenvalue weighted by Gasteiger charge is 2.36. The molecule has 0 aliphatic rings. The van der Waals surface area contributed by atoms with Crippen molar-refractivity contribution in [3.8, 4) is 0 Å². The standard InChI is InChI=1S/C12H16Cl3NOS/c1-11(2,3)18(17)16-10(12(13,14)15)9-7-5-4-6-8-9/h4-8,10,16H,1-3H3/t10-,18+/m0/s1. The highest BCUT2D eigenvalue weighted by molar-refractivity contribution is 7.84. The van der Waals surface area contributed by atoms with E-state index in [-0.39, 0.29) is 0 Å². The Kier molecular flexibility index (Phi) is 5.51. The number of hydrogen-bond acceptors (Lipinski definition) is 1. The molecule has 0 fully saturated rings. The Balaban J connectivity index is 2.99. The van der Waals surface area contributed by atoms with Crippen LogP contribution in [-0.4, -0.2) is 12.7 Å². The number of nitrogens with one attached hydrogen (secondary N) is 1. The van der Waals surface area contributed by atoms with Gasteiger partial charge in [0.2, 0.25) is 3.79 Å². The lowest BCUT2D eigenvalue weighted by Crippen LogP contribution is -2.40. The first-order valence-electron chi connectivity index (χ1n) is 5.42. The summed E-state index contributed by atoms with van der Waals surface area (Å²) >= 11 is 17.9. The lowest BCUT2D eigenvalue weighted by atomic mass is 10.1. The molecular formula is C12H16Cl3NOS. The van der Waals surface area contributed by atoms with E-state index in [9.17, 15) is 4.21 Å². The molecular weight excluding hydrogens is 313 g/mol. The summed E-state index contributed by atoms with van der Waals surface area (Å²) in [6.45, 7) is 5.57. The van der Waals surface area contributed by atoms with Crippen LogP contribution in [0.5, 0.6) is 0 Å². The summed E-state index contributed by atoms with van der Waals surface area (Å²) in [5.74, 6) is 0. The van der Waals surface area contributed by atoms with E-state index in [0.29, 0.717) is 0 Å². The number of halogens is 3. The molecule has 0 aromatic heterocycles. The van der Waals surface area contributed by atoms with Crippen molar-refractivity contribution in [1.82, 2.24) is 4.72 Å². The zero-order chi connectivity index (χ0) is 14.0. The van der Waals surface area contributed by atoms with Gasteiger partial charge in [0, 0.05) is 0 Å². The van der Waals surface area contributed by atoms with Crippen molar-refractivity contribution in [2.24, 2.45) is 0 Å². The van der Waals surface area contributed by atoms with Crippen LogP contribution in [0.25, 0.3) is 0 Å². The fourth-order valence-electron chi connectivity index (χ4n) is 1.25. The molecule has 0 unspecified atom stereocenters. The molecule has 102 valence electrons. The van der Waals surface area contributed by atoms with Gasteiger partial charge in [-0.05, 0) is 26.3 Å². The third-order valence-corrected chi connectivity index (χ3v) is 4.46. The van der Waals surface area contributed by atoms with Crippen LogP contribution in [0.15, 0.2) is 30.3 Å². The van der Waals surface area contributed by atoms with E-state index in [1.807, 2.05) is 51.1 Å². The third-order valence-electron chi connectivity index (χ3n) is 2.24. The molecule has 0 saturated carbocycles. The molecule has 1 N–H and O–H groups in total. The van der Waals surface area contributed by atoms with Gasteiger partial charge in [-0.25, -0.2) is 8.93 Å². The quantitative estimate of drug-likeness (QED) is 0.830. The fraction of sp³-hybridized carbons (Fsp3) is 0.500. The molecule has 0 amide bonds. The third kappa shape index (κ3) is 4.71. The Morgan fingerprint density at radius 1 is 1.11 bits per heavy atom. The van der Waals surface area contributed by atoms with Crippen LogP contribution in [0.1, 0.15) is 32.4 Å². The molecule has 1 rings (SSSR count). The zero-order valence-corrected chi connectivity index (χ0v) is 13.5. The van der Waals surface area contributed by atoms with Crippen molar-refractivity contribution in [3.05, 3.63) is 35.9 Å². The molecule has 18 heavy (non-hydrogen) atoms. The van der Waals surface area contributed by atoms with Gasteiger partial charge in [-0.1, -0.05) is 65.1 Å². The summed E-state index contributed by atoms with van der Waals surface area (Å²) in [6, 6.07) is 8.61. The molecule has 0 heterocycles. The Labute approximate surface area is 126 Å². The normalized spacial score (nSPS) is 16.3. The predicted molar refractivity (Wildman–Crippen MR) is 80.5 cm³/mol. The number of rotatable bonds is 3. The van der Waals surface area contributed by atoms with Gasteiger partial charge in [-0.15, -0.1) is 0 Å². The largest absolute Gasteiger partial charge is 0.242 e. The molecule has 0 radical (unpaired) electrons. The first-order chi connectivity index (χ1) is 8.12. The molecule has 0 spiro atoms. The maximum atomic E-state index is 12.1. The second-order valence-electron chi connectivity index (χ2n) is 4.88. The summed E-state index contributed by atoms with van der Waals surface area (Å²) in [6.07, 6.45) is 0. The van der Waals surface area contributed by atoms with Crippen LogP contribution in [0.4, 0.5) is 0 Å². The average molecular weight is 329 g/mol. The minimum atomic E-state index is -1.57. The van der Waals surface area contributed by atoms with Gasteiger partial charge in [0.25, 0.3) is 0 Å². The van der Waals surface area contributed by atoms with E-state index in [1.165, 1.54) is 0 Å². The van der Waals surface area contributed by atoms with Crippen molar-refractivity contribution < 1.29 is 4.21 Å². The first-order valence-corrected chi connectivity index (χ1v) is 7.70. The van der Waals surface area contributed by atoms with Crippen molar-refractivity contribution in [2.75, 3.05) is 0 Å². The maximum absolute atomic E-state index is 12.1. The number of alkyl halides is 3. The maximum Gasteiger partial charge on any atom is 0.210 e. The van der Waals surface area contributed by atoms with Crippen molar-refractivity contribution in [2.45, 2.75) is 35.4 Å². The summed E-state index contributed by atoms with van der Waals surface area (Å²) in [5, 5.41) is 0. The predicted octanol–water partition coefficient (Wildman–Crippen LogP) is 4.15. The van der Waals surface area contributed by atoms with Crippen molar-refractivity contribution in [1.29, 1.82) is 0 Å². The second-order valence-corrected chi connectivity index (χ2v) is 9.25. The molecule has 1 aromatic rings. The summed E-state index contributed by atoms with van der Waals surface area (Å²) in [4.78, 5) is 0. The molecule has 2 nitrogen and oxygen atoms in total. The summed E-state index contributed by atoms with van der Waals surface area (Å²) in [7, 11) is -1.32. The molecule has 2 atom stereocenters. The smallest absolute Gasteiger partial charge is 0.210 e. The molecule has 6 heteroatoms. The number of benzene rings is 1. The number of hydrogen-bond donors (Lipinski definition) is 1. The monoisotopic (exact) mass is 327 g/mol. The van der Waals surface area contributed by atoms with Gasteiger partial charge in [0.1, 0.15) is 0 Å². The molecule has 0 bridgehead atoms. The Morgan fingerprint density at radius 3 is 2.00 bits per heavy atom. The van der Waals surface area contributed by atoms with Crippen LogP contribution in [0.2, 0.25) is 0 Å². The molecule has 0 saturated heterocycles. The lowest BCUT2D eigenvalue weighted by molar-refractivity contribution is 0.603. The van der Waals surface area contributed by atoms with E-state index < -0.39 is 25.6 Å². The zero-order valence-electron chi connectivity index (χ0n) is 10.4. The van der Waals surface area contributed by atoms with Crippen LogP contribution in [0, 0.1) is 0 Å². The highest BCUT2D eigenvalue weighted by atomic mass is 35.6. The van der Waals surface area contributed by atoms with Crippen LogP contribution >= 0.6 is 34.8 Å². The minimum absolute atomic E-state index is 0.428. The van der Waals surface area contributed by atoms with Gasteiger partial charge in [0.05, 0.1) is 21.8 Å².